The topological polar surface area (TPSA) is 102 Å². The summed E-state index contributed by atoms with van der Waals surface area (Å²) in [7, 11) is 0. The van der Waals surface area contributed by atoms with E-state index in [0.717, 1.165) is 10.5 Å². The normalized spacial score (nSPS) is 13.1. The molecule has 188 valence electrons. The van der Waals surface area contributed by atoms with Crippen LogP contribution < -0.4 is 15.0 Å². The Hall–Kier alpha value is -4.43. The first-order valence-corrected chi connectivity index (χ1v) is 11.9. The summed E-state index contributed by atoms with van der Waals surface area (Å²) in [5.74, 6) is -2.23. The minimum atomic E-state index is -0.775. The Morgan fingerprint density at radius 3 is 2.27 bits per heavy atom. The number of hydrogen-bond acceptors (Lipinski definition) is 7. The van der Waals surface area contributed by atoms with Crippen LogP contribution in [-0.4, -0.2) is 30.4 Å². The van der Waals surface area contributed by atoms with Crippen molar-refractivity contribution in [2.24, 2.45) is 0 Å². The van der Waals surface area contributed by atoms with E-state index >= 15 is 0 Å². The van der Waals surface area contributed by atoms with Crippen LogP contribution >= 0.6 is 11.6 Å². The zero-order valence-electron chi connectivity index (χ0n) is 20.1. The van der Waals surface area contributed by atoms with Gasteiger partial charge in [0, 0.05) is 5.69 Å². The Labute approximate surface area is 218 Å². The van der Waals surface area contributed by atoms with Crippen LogP contribution in [0, 0.1) is 6.92 Å². The first-order chi connectivity index (χ1) is 17.8. The monoisotopic (exact) mass is 518 g/mol. The molecule has 3 aromatic carbocycles. The number of carbonyl (C=O) groups is 4. The predicted molar refractivity (Wildman–Crippen MR) is 139 cm³/mol. The van der Waals surface area contributed by atoms with Gasteiger partial charge in [0.1, 0.15) is 16.5 Å². The lowest BCUT2D eigenvalue weighted by atomic mass is 10.1. The van der Waals surface area contributed by atoms with Crippen molar-refractivity contribution in [1.29, 1.82) is 0 Å². The molecule has 8 nitrogen and oxygen atoms in total. The third-order valence-electron chi connectivity index (χ3n) is 5.52. The van der Waals surface area contributed by atoms with Crippen molar-refractivity contribution < 1.29 is 28.7 Å². The fraction of sp³-hybridized carbons (Fsp3) is 0.143. The lowest BCUT2D eigenvalue weighted by molar-refractivity contribution is -0.120. The van der Waals surface area contributed by atoms with Crippen LogP contribution in [0.25, 0.3) is 0 Å². The van der Waals surface area contributed by atoms with Gasteiger partial charge in [-0.1, -0.05) is 48.9 Å². The van der Waals surface area contributed by atoms with Crippen LogP contribution in [-0.2, 0) is 14.3 Å². The molecule has 9 heteroatoms. The smallest absolute Gasteiger partial charge is 0.343 e. The number of rotatable bonds is 8. The van der Waals surface area contributed by atoms with Gasteiger partial charge in [-0.05, 0) is 61.4 Å². The van der Waals surface area contributed by atoms with Crippen LogP contribution in [0.15, 0.2) is 83.5 Å². The Morgan fingerprint density at radius 2 is 1.57 bits per heavy atom. The maximum atomic E-state index is 13.2. The molecule has 2 amide bonds. The highest BCUT2D eigenvalue weighted by Gasteiger charge is 2.40. The number of carbonyl (C=O) groups excluding carboxylic acids is 4. The molecule has 4 rings (SSSR count). The van der Waals surface area contributed by atoms with E-state index < -0.39 is 23.8 Å². The number of aryl methyl sites for hydroxylation is 1. The third kappa shape index (κ3) is 5.39. The number of hydrogen-bond donors (Lipinski definition) is 1. The number of benzene rings is 3. The summed E-state index contributed by atoms with van der Waals surface area (Å²) in [6.07, 6.45) is 0.624. The third-order valence-corrected chi connectivity index (χ3v) is 5.87. The van der Waals surface area contributed by atoms with E-state index in [1.165, 1.54) is 24.3 Å². The summed E-state index contributed by atoms with van der Waals surface area (Å²) >= 11 is 6.24. The molecule has 0 atom stereocenters. The lowest BCUT2D eigenvalue weighted by Crippen LogP contribution is -2.33. The number of nitrogens with one attached hydrogen (secondary N) is 1. The largest absolute Gasteiger partial charge is 0.462 e. The first kappa shape index (κ1) is 25.7. The molecule has 1 aliphatic heterocycles. The molecule has 0 spiro atoms. The van der Waals surface area contributed by atoms with Gasteiger partial charge < -0.3 is 14.8 Å². The number of imide groups is 1. The van der Waals surface area contributed by atoms with Crippen molar-refractivity contribution in [3.63, 3.8) is 0 Å². The summed E-state index contributed by atoms with van der Waals surface area (Å²) < 4.78 is 10.6. The fourth-order valence-electron chi connectivity index (χ4n) is 3.61. The molecule has 1 N–H and O–H groups in total. The lowest BCUT2D eigenvalue weighted by Gasteiger charge is -2.18. The summed E-state index contributed by atoms with van der Waals surface area (Å²) in [4.78, 5) is 52.0. The highest BCUT2D eigenvalue weighted by molar-refractivity contribution is 6.53. The van der Waals surface area contributed by atoms with Gasteiger partial charge in [-0.25, -0.2) is 14.5 Å². The summed E-state index contributed by atoms with van der Waals surface area (Å²) in [5, 5.41) is 2.52. The molecule has 0 bridgehead atoms. The first-order valence-electron chi connectivity index (χ1n) is 11.5. The minimum Gasteiger partial charge on any atom is -0.462 e. The minimum absolute atomic E-state index is 0.0693. The molecule has 3 aromatic rings. The molecular weight excluding hydrogens is 496 g/mol. The molecular formula is C28H23ClN2O6. The second-order valence-electron chi connectivity index (χ2n) is 8.15. The number of anilines is 2. The average Bonchev–Trinajstić information content (AvgIpc) is 3.11. The van der Waals surface area contributed by atoms with E-state index in [1.54, 1.807) is 36.4 Å². The SMILES string of the molecule is CCCOC(=O)c1ccccc1N1C(=O)C(Cl)=C(Nc2ccc(C(=O)Oc3ccccc3C)cc2)C1=O. The number of esters is 2. The maximum absolute atomic E-state index is 13.2. The van der Waals surface area contributed by atoms with E-state index in [-0.39, 0.29) is 28.6 Å². The van der Waals surface area contributed by atoms with Crippen LogP contribution in [0.1, 0.15) is 39.6 Å². The number of nitrogens with zero attached hydrogens (tertiary/aromatic N) is 1. The van der Waals surface area contributed by atoms with Crippen molar-refractivity contribution in [2.45, 2.75) is 20.3 Å². The average molecular weight is 519 g/mol. The van der Waals surface area contributed by atoms with E-state index in [0.29, 0.717) is 23.4 Å². The van der Waals surface area contributed by atoms with Crippen LogP contribution in [0.3, 0.4) is 0 Å². The Bertz CT molecular complexity index is 1410. The highest BCUT2D eigenvalue weighted by Crippen LogP contribution is 2.32. The van der Waals surface area contributed by atoms with Crippen LogP contribution in [0.4, 0.5) is 11.4 Å². The van der Waals surface area contributed by atoms with Crippen LogP contribution in [0.2, 0.25) is 0 Å². The van der Waals surface area contributed by atoms with E-state index in [4.69, 9.17) is 21.1 Å². The van der Waals surface area contributed by atoms with Gasteiger partial charge in [-0.2, -0.15) is 0 Å². The number of ether oxygens (including phenoxy) is 2. The molecule has 0 radical (unpaired) electrons. The molecule has 0 aromatic heterocycles. The van der Waals surface area contributed by atoms with Crippen molar-refractivity contribution in [3.8, 4) is 5.75 Å². The van der Waals surface area contributed by atoms with Crippen molar-refractivity contribution >= 4 is 46.7 Å². The quantitative estimate of drug-likeness (QED) is 0.248. The van der Waals surface area contributed by atoms with Crippen molar-refractivity contribution in [1.82, 2.24) is 0 Å². The van der Waals surface area contributed by atoms with E-state index in [2.05, 4.69) is 5.32 Å². The fourth-order valence-corrected chi connectivity index (χ4v) is 3.82. The Balaban J connectivity index is 1.51. The number of halogens is 1. The maximum Gasteiger partial charge on any atom is 0.343 e. The molecule has 1 aliphatic rings. The van der Waals surface area contributed by atoms with Gasteiger partial charge in [-0.15, -0.1) is 0 Å². The molecule has 0 fully saturated rings. The van der Waals surface area contributed by atoms with Gasteiger partial charge in [0.2, 0.25) is 0 Å². The Kier molecular flexibility index (Phi) is 7.69. The highest BCUT2D eigenvalue weighted by atomic mass is 35.5. The second-order valence-corrected chi connectivity index (χ2v) is 8.52. The van der Waals surface area contributed by atoms with Crippen LogP contribution in [0.5, 0.6) is 5.75 Å². The predicted octanol–water partition coefficient (Wildman–Crippen LogP) is 5.22. The zero-order valence-corrected chi connectivity index (χ0v) is 20.9. The Morgan fingerprint density at radius 1 is 0.892 bits per heavy atom. The van der Waals surface area contributed by atoms with Gasteiger partial charge in [0.15, 0.2) is 0 Å². The van der Waals surface area contributed by atoms with Crippen molar-refractivity contribution in [2.75, 3.05) is 16.8 Å². The standard InChI is InChI=1S/C28H23ClN2O6/c1-3-16-36-28(35)20-9-5-6-10-21(20)31-25(32)23(29)24(26(31)33)30-19-14-12-18(13-15-19)27(34)37-22-11-7-4-8-17(22)2/h4-15,30H,3,16H2,1-2H3. The molecule has 37 heavy (non-hydrogen) atoms. The molecule has 1 heterocycles. The number of para-hydroxylation sites is 2. The summed E-state index contributed by atoms with van der Waals surface area (Å²) in [5.41, 5.74) is 1.52. The second kappa shape index (κ2) is 11.1. The van der Waals surface area contributed by atoms with Gasteiger partial charge in [-0.3, -0.25) is 9.59 Å². The van der Waals surface area contributed by atoms with Gasteiger partial charge >= 0.3 is 11.9 Å². The van der Waals surface area contributed by atoms with E-state index in [9.17, 15) is 19.2 Å². The molecule has 0 unspecified atom stereocenters. The molecule has 0 saturated carbocycles. The van der Waals surface area contributed by atoms with Crippen molar-refractivity contribution in [3.05, 3.63) is 100 Å². The zero-order chi connectivity index (χ0) is 26.5. The molecule has 0 saturated heterocycles. The number of amides is 2. The van der Waals surface area contributed by atoms with E-state index in [1.807, 2.05) is 26.0 Å². The van der Waals surface area contributed by atoms with Gasteiger partial charge in [0.05, 0.1) is 23.4 Å². The summed E-state index contributed by atoms with van der Waals surface area (Å²) in [6.45, 7) is 3.90. The molecule has 0 aliphatic carbocycles. The van der Waals surface area contributed by atoms with Gasteiger partial charge in [0.25, 0.3) is 11.8 Å². The summed E-state index contributed by atoms with van der Waals surface area (Å²) in [6, 6.07) is 19.5.